The van der Waals surface area contributed by atoms with Crippen LogP contribution in [0, 0.1) is 0 Å². The molecule has 0 unspecified atom stereocenters. The molecule has 1 heterocycles. The van der Waals surface area contributed by atoms with Crippen LogP contribution in [0.5, 0.6) is 5.88 Å². The molecule has 88 valence electrons. The number of nitrogens with zero attached hydrogens (tertiary/aromatic N) is 1. The summed E-state index contributed by atoms with van der Waals surface area (Å²) in [5.74, 6) is 0.607. The molecule has 0 bridgehead atoms. The molecule has 0 amide bonds. The van der Waals surface area contributed by atoms with E-state index < -0.39 is 0 Å². The average Bonchev–Trinajstić information content (AvgIpc) is 2.40. The maximum atomic E-state index is 9.34. The number of pyridine rings is 1. The van der Waals surface area contributed by atoms with Gasteiger partial charge in [0.05, 0.1) is 13.2 Å². The lowest BCUT2D eigenvalue weighted by atomic mass is 10.0. The van der Waals surface area contributed by atoms with Crippen LogP contribution in [0.4, 0.5) is 0 Å². The van der Waals surface area contributed by atoms with Crippen LogP contribution in [0.25, 0.3) is 11.1 Å². The fourth-order valence-corrected chi connectivity index (χ4v) is 1.77. The molecule has 0 aliphatic rings. The van der Waals surface area contributed by atoms with E-state index in [9.17, 15) is 5.11 Å². The Labute approximate surface area is 101 Å². The summed E-state index contributed by atoms with van der Waals surface area (Å²) < 4.78 is 5.50. The van der Waals surface area contributed by atoms with Gasteiger partial charge in [0.15, 0.2) is 0 Å². The van der Waals surface area contributed by atoms with Gasteiger partial charge in [-0.05, 0) is 30.2 Å². The number of ether oxygens (including phenoxy) is 1. The summed E-state index contributed by atoms with van der Waals surface area (Å²) in [5.41, 5.74) is 2.76. The monoisotopic (exact) mass is 229 g/mol. The van der Waals surface area contributed by atoms with Gasteiger partial charge in [0.2, 0.25) is 5.88 Å². The van der Waals surface area contributed by atoms with Gasteiger partial charge in [0, 0.05) is 11.8 Å². The molecular formula is C14H15NO2. The van der Waals surface area contributed by atoms with E-state index in [1.807, 2.05) is 43.3 Å². The van der Waals surface area contributed by atoms with Crippen molar-refractivity contribution in [3.05, 3.63) is 48.2 Å². The van der Waals surface area contributed by atoms with E-state index >= 15 is 0 Å². The predicted molar refractivity (Wildman–Crippen MR) is 66.8 cm³/mol. The molecule has 0 saturated heterocycles. The molecule has 0 spiro atoms. The summed E-state index contributed by atoms with van der Waals surface area (Å²) in [6.07, 6.45) is 1.70. The second-order valence-electron chi connectivity index (χ2n) is 3.60. The molecule has 0 atom stereocenters. The molecule has 0 radical (unpaired) electrons. The molecule has 1 aromatic carbocycles. The Morgan fingerprint density at radius 2 is 1.88 bits per heavy atom. The van der Waals surface area contributed by atoms with Crippen LogP contribution in [0.2, 0.25) is 0 Å². The number of aliphatic hydroxyl groups excluding tert-OH is 1. The first-order valence-electron chi connectivity index (χ1n) is 5.63. The van der Waals surface area contributed by atoms with Crippen molar-refractivity contribution in [1.82, 2.24) is 4.98 Å². The molecule has 0 aliphatic carbocycles. The summed E-state index contributed by atoms with van der Waals surface area (Å²) >= 11 is 0. The number of aliphatic hydroxyl groups is 1. The molecule has 0 saturated carbocycles. The van der Waals surface area contributed by atoms with Crippen LogP contribution in [-0.2, 0) is 6.61 Å². The van der Waals surface area contributed by atoms with Crippen molar-refractivity contribution in [2.24, 2.45) is 0 Å². The Kier molecular flexibility index (Phi) is 3.73. The molecule has 3 nitrogen and oxygen atoms in total. The first-order chi connectivity index (χ1) is 8.36. The van der Waals surface area contributed by atoms with Crippen molar-refractivity contribution < 1.29 is 9.84 Å². The van der Waals surface area contributed by atoms with Gasteiger partial charge in [0.25, 0.3) is 0 Å². The van der Waals surface area contributed by atoms with Gasteiger partial charge in [0.1, 0.15) is 0 Å². The summed E-state index contributed by atoms with van der Waals surface area (Å²) in [7, 11) is 0. The number of hydrogen-bond acceptors (Lipinski definition) is 3. The van der Waals surface area contributed by atoms with Crippen molar-refractivity contribution in [3.8, 4) is 17.0 Å². The zero-order valence-corrected chi connectivity index (χ0v) is 9.76. The van der Waals surface area contributed by atoms with E-state index in [1.54, 1.807) is 6.20 Å². The Morgan fingerprint density at radius 1 is 1.12 bits per heavy atom. The van der Waals surface area contributed by atoms with E-state index in [2.05, 4.69) is 4.98 Å². The minimum atomic E-state index is 0.0105. The molecule has 2 rings (SSSR count). The largest absolute Gasteiger partial charge is 0.478 e. The van der Waals surface area contributed by atoms with Crippen molar-refractivity contribution in [2.75, 3.05) is 6.61 Å². The SMILES string of the molecule is CCOc1ncccc1-c1ccccc1CO. The topological polar surface area (TPSA) is 42.4 Å². The second kappa shape index (κ2) is 5.46. The number of aromatic nitrogens is 1. The van der Waals surface area contributed by atoms with E-state index in [1.165, 1.54) is 0 Å². The van der Waals surface area contributed by atoms with E-state index in [4.69, 9.17) is 4.74 Å². The van der Waals surface area contributed by atoms with Gasteiger partial charge in [-0.2, -0.15) is 0 Å². The van der Waals surface area contributed by atoms with E-state index in [0.29, 0.717) is 12.5 Å². The van der Waals surface area contributed by atoms with Crippen LogP contribution in [-0.4, -0.2) is 16.7 Å². The smallest absolute Gasteiger partial charge is 0.221 e. The Bertz CT molecular complexity index is 497. The first-order valence-corrected chi connectivity index (χ1v) is 5.63. The van der Waals surface area contributed by atoms with Crippen LogP contribution >= 0.6 is 0 Å². The minimum absolute atomic E-state index is 0.0105. The molecule has 2 aromatic rings. The van der Waals surface area contributed by atoms with Crippen LogP contribution in [0.1, 0.15) is 12.5 Å². The van der Waals surface area contributed by atoms with Crippen molar-refractivity contribution in [1.29, 1.82) is 0 Å². The van der Waals surface area contributed by atoms with Gasteiger partial charge in [-0.15, -0.1) is 0 Å². The molecule has 1 N–H and O–H groups in total. The molecule has 1 aromatic heterocycles. The highest BCUT2D eigenvalue weighted by Crippen LogP contribution is 2.30. The van der Waals surface area contributed by atoms with Gasteiger partial charge >= 0.3 is 0 Å². The summed E-state index contributed by atoms with van der Waals surface area (Å²) in [6.45, 7) is 2.51. The first kappa shape index (κ1) is 11.6. The molecule has 17 heavy (non-hydrogen) atoms. The van der Waals surface area contributed by atoms with Crippen molar-refractivity contribution in [2.45, 2.75) is 13.5 Å². The number of benzene rings is 1. The van der Waals surface area contributed by atoms with Gasteiger partial charge in [-0.1, -0.05) is 24.3 Å². The summed E-state index contributed by atoms with van der Waals surface area (Å²) in [6, 6.07) is 11.5. The maximum Gasteiger partial charge on any atom is 0.221 e. The molecule has 0 aliphatic heterocycles. The normalized spacial score (nSPS) is 10.2. The third kappa shape index (κ3) is 2.45. The van der Waals surface area contributed by atoms with Gasteiger partial charge in [-0.25, -0.2) is 4.98 Å². The highest BCUT2D eigenvalue weighted by molar-refractivity contribution is 5.71. The Morgan fingerprint density at radius 3 is 2.65 bits per heavy atom. The predicted octanol–water partition coefficient (Wildman–Crippen LogP) is 2.64. The maximum absolute atomic E-state index is 9.34. The number of hydrogen-bond donors (Lipinski definition) is 1. The third-order valence-corrected chi connectivity index (χ3v) is 2.53. The third-order valence-electron chi connectivity index (χ3n) is 2.53. The van der Waals surface area contributed by atoms with E-state index in [-0.39, 0.29) is 6.61 Å². The zero-order valence-electron chi connectivity index (χ0n) is 9.76. The second-order valence-corrected chi connectivity index (χ2v) is 3.60. The lowest BCUT2D eigenvalue weighted by Crippen LogP contribution is -1.98. The average molecular weight is 229 g/mol. The Hall–Kier alpha value is -1.87. The zero-order chi connectivity index (χ0) is 12.1. The Balaban J connectivity index is 2.52. The van der Waals surface area contributed by atoms with Gasteiger partial charge < -0.3 is 9.84 Å². The van der Waals surface area contributed by atoms with Crippen LogP contribution in [0.3, 0.4) is 0 Å². The number of rotatable bonds is 4. The van der Waals surface area contributed by atoms with Crippen LogP contribution in [0.15, 0.2) is 42.6 Å². The lowest BCUT2D eigenvalue weighted by molar-refractivity contribution is 0.282. The molecule has 3 heteroatoms. The minimum Gasteiger partial charge on any atom is -0.478 e. The van der Waals surface area contributed by atoms with Crippen molar-refractivity contribution in [3.63, 3.8) is 0 Å². The fraction of sp³-hybridized carbons (Fsp3) is 0.214. The molecular weight excluding hydrogens is 214 g/mol. The molecule has 0 fully saturated rings. The standard InChI is InChI=1S/C14H15NO2/c1-2-17-14-13(8-5-9-15-14)12-7-4-3-6-11(12)10-16/h3-9,16H,2,10H2,1H3. The highest BCUT2D eigenvalue weighted by atomic mass is 16.5. The highest BCUT2D eigenvalue weighted by Gasteiger charge is 2.09. The summed E-state index contributed by atoms with van der Waals surface area (Å²) in [5, 5.41) is 9.34. The van der Waals surface area contributed by atoms with Gasteiger partial charge in [-0.3, -0.25) is 0 Å². The van der Waals surface area contributed by atoms with Crippen LogP contribution < -0.4 is 4.74 Å². The van der Waals surface area contributed by atoms with Crippen molar-refractivity contribution >= 4 is 0 Å². The van der Waals surface area contributed by atoms with E-state index in [0.717, 1.165) is 16.7 Å². The lowest BCUT2D eigenvalue weighted by Gasteiger charge is -2.11. The quantitative estimate of drug-likeness (QED) is 0.876. The fourth-order valence-electron chi connectivity index (χ4n) is 1.77. The summed E-state index contributed by atoms with van der Waals surface area (Å²) in [4.78, 5) is 4.22.